The van der Waals surface area contributed by atoms with Crippen LogP contribution in [0.2, 0.25) is 0 Å². The fourth-order valence-electron chi connectivity index (χ4n) is 1.95. The van der Waals surface area contributed by atoms with Crippen molar-refractivity contribution < 1.29 is 19.0 Å². The standard InChI is InChI=1S/C19H18O4/c1-4-11-22-19(20)16-9-10-17(18(12-16)21-3)23-13-15-7-5-14(2)6-8-15/h1,5-10,12H,11,13H2,2-3H3. The lowest BCUT2D eigenvalue weighted by Gasteiger charge is -2.12. The van der Waals surface area contributed by atoms with Gasteiger partial charge in [-0.2, -0.15) is 0 Å². The summed E-state index contributed by atoms with van der Waals surface area (Å²) in [6, 6.07) is 12.9. The quantitative estimate of drug-likeness (QED) is 0.606. The van der Waals surface area contributed by atoms with Crippen molar-refractivity contribution in [3.05, 3.63) is 59.2 Å². The molecule has 0 radical (unpaired) electrons. The number of esters is 1. The highest BCUT2D eigenvalue weighted by Crippen LogP contribution is 2.29. The van der Waals surface area contributed by atoms with Gasteiger partial charge in [0.2, 0.25) is 0 Å². The Morgan fingerprint density at radius 3 is 2.52 bits per heavy atom. The summed E-state index contributed by atoms with van der Waals surface area (Å²) in [6.07, 6.45) is 5.07. The molecule has 0 amide bonds. The molecule has 23 heavy (non-hydrogen) atoms. The number of carbonyl (C=O) groups is 1. The summed E-state index contributed by atoms with van der Waals surface area (Å²) in [6.45, 7) is 2.38. The van der Waals surface area contributed by atoms with Crippen LogP contribution in [-0.4, -0.2) is 19.7 Å². The average molecular weight is 310 g/mol. The summed E-state index contributed by atoms with van der Waals surface area (Å²) in [5.74, 6) is 2.78. The van der Waals surface area contributed by atoms with Crippen LogP contribution in [0.3, 0.4) is 0 Å². The molecule has 0 aliphatic rings. The first-order valence-electron chi connectivity index (χ1n) is 7.11. The van der Waals surface area contributed by atoms with Crippen molar-refractivity contribution in [2.75, 3.05) is 13.7 Å². The van der Waals surface area contributed by atoms with E-state index in [1.165, 1.54) is 12.7 Å². The van der Waals surface area contributed by atoms with Crippen molar-refractivity contribution in [1.82, 2.24) is 0 Å². The molecule has 0 aliphatic carbocycles. The van der Waals surface area contributed by atoms with Crippen LogP contribution in [0, 0.1) is 19.3 Å². The minimum atomic E-state index is -0.494. The molecule has 0 aromatic heterocycles. The molecule has 0 heterocycles. The summed E-state index contributed by atoms with van der Waals surface area (Å²) in [7, 11) is 1.52. The van der Waals surface area contributed by atoms with Crippen LogP contribution in [-0.2, 0) is 11.3 Å². The molecule has 0 unspecified atom stereocenters. The lowest BCUT2D eigenvalue weighted by atomic mass is 10.1. The molecule has 2 aromatic carbocycles. The fourth-order valence-corrected chi connectivity index (χ4v) is 1.95. The number of methoxy groups -OCH3 is 1. The Morgan fingerprint density at radius 1 is 1.13 bits per heavy atom. The van der Waals surface area contributed by atoms with Crippen LogP contribution in [0.25, 0.3) is 0 Å². The zero-order chi connectivity index (χ0) is 16.7. The Bertz CT molecular complexity index is 711. The van der Waals surface area contributed by atoms with Gasteiger partial charge in [0.15, 0.2) is 18.1 Å². The van der Waals surface area contributed by atoms with Crippen LogP contribution < -0.4 is 9.47 Å². The molecule has 0 aliphatic heterocycles. The molecule has 0 saturated carbocycles. The third kappa shape index (κ3) is 4.52. The van der Waals surface area contributed by atoms with Gasteiger partial charge in [-0.25, -0.2) is 4.79 Å². The fraction of sp³-hybridized carbons (Fsp3) is 0.211. The smallest absolute Gasteiger partial charge is 0.339 e. The van der Waals surface area contributed by atoms with E-state index in [2.05, 4.69) is 5.92 Å². The number of aryl methyl sites for hydroxylation is 1. The van der Waals surface area contributed by atoms with Crippen molar-refractivity contribution in [1.29, 1.82) is 0 Å². The Morgan fingerprint density at radius 2 is 1.87 bits per heavy atom. The topological polar surface area (TPSA) is 44.8 Å². The lowest BCUT2D eigenvalue weighted by molar-refractivity contribution is 0.0556. The van der Waals surface area contributed by atoms with Gasteiger partial charge < -0.3 is 14.2 Å². The molecule has 0 saturated heterocycles. The van der Waals surface area contributed by atoms with Crippen LogP contribution in [0.4, 0.5) is 0 Å². The van der Waals surface area contributed by atoms with Gasteiger partial charge in [0.05, 0.1) is 12.7 Å². The highest BCUT2D eigenvalue weighted by Gasteiger charge is 2.12. The number of ether oxygens (including phenoxy) is 3. The second kappa shape index (κ2) is 7.90. The zero-order valence-corrected chi connectivity index (χ0v) is 13.2. The van der Waals surface area contributed by atoms with Crippen molar-refractivity contribution >= 4 is 5.97 Å². The summed E-state index contributed by atoms with van der Waals surface area (Å²) in [5, 5.41) is 0. The maximum Gasteiger partial charge on any atom is 0.339 e. The number of rotatable bonds is 6. The largest absolute Gasteiger partial charge is 0.493 e. The molecule has 0 spiro atoms. The minimum absolute atomic E-state index is 0.0627. The molecular formula is C19H18O4. The lowest BCUT2D eigenvalue weighted by Crippen LogP contribution is -2.06. The molecule has 0 atom stereocenters. The summed E-state index contributed by atoms with van der Waals surface area (Å²) in [4.78, 5) is 11.8. The first-order chi connectivity index (χ1) is 11.1. The molecule has 0 N–H and O–H groups in total. The molecule has 118 valence electrons. The van der Waals surface area contributed by atoms with Crippen LogP contribution in [0.1, 0.15) is 21.5 Å². The van der Waals surface area contributed by atoms with E-state index in [1.807, 2.05) is 31.2 Å². The molecule has 2 rings (SSSR count). The van der Waals surface area contributed by atoms with Gasteiger partial charge in [0.25, 0.3) is 0 Å². The minimum Gasteiger partial charge on any atom is -0.493 e. The predicted molar refractivity (Wildman–Crippen MR) is 87.6 cm³/mol. The van der Waals surface area contributed by atoms with E-state index in [1.54, 1.807) is 18.2 Å². The molecule has 0 fully saturated rings. The number of carbonyl (C=O) groups excluding carboxylic acids is 1. The van der Waals surface area contributed by atoms with Gasteiger partial charge in [-0.3, -0.25) is 0 Å². The number of terminal acetylenes is 1. The third-order valence-electron chi connectivity index (χ3n) is 3.20. The number of benzene rings is 2. The second-order valence-electron chi connectivity index (χ2n) is 4.92. The second-order valence-corrected chi connectivity index (χ2v) is 4.92. The maximum atomic E-state index is 11.8. The third-order valence-corrected chi connectivity index (χ3v) is 3.20. The van der Waals surface area contributed by atoms with Crippen LogP contribution in [0.15, 0.2) is 42.5 Å². The predicted octanol–water partition coefficient (Wildman–Crippen LogP) is 3.37. The molecule has 4 heteroatoms. The first kappa shape index (κ1) is 16.4. The molecule has 2 aromatic rings. The maximum absolute atomic E-state index is 11.8. The van der Waals surface area contributed by atoms with Crippen molar-refractivity contribution in [2.24, 2.45) is 0 Å². The van der Waals surface area contributed by atoms with E-state index in [0.717, 1.165) is 5.56 Å². The first-order valence-corrected chi connectivity index (χ1v) is 7.11. The zero-order valence-electron chi connectivity index (χ0n) is 13.2. The average Bonchev–Trinajstić information content (AvgIpc) is 2.59. The Balaban J connectivity index is 2.08. The van der Waals surface area contributed by atoms with Crippen molar-refractivity contribution in [3.8, 4) is 23.8 Å². The van der Waals surface area contributed by atoms with E-state index in [4.69, 9.17) is 20.6 Å². The summed E-state index contributed by atoms with van der Waals surface area (Å²) in [5.41, 5.74) is 2.61. The summed E-state index contributed by atoms with van der Waals surface area (Å²) < 4.78 is 15.9. The van der Waals surface area contributed by atoms with E-state index in [9.17, 15) is 4.79 Å². The van der Waals surface area contributed by atoms with E-state index in [-0.39, 0.29) is 6.61 Å². The normalized spacial score (nSPS) is 9.78. The molecule has 4 nitrogen and oxygen atoms in total. The van der Waals surface area contributed by atoms with Gasteiger partial charge in [0, 0.05) is 0 Å². The number of hydrogen-bond acceptors (Lipinski definition) is 4. The van der Waals surface area contributed by atoms with Gasteiger partial charge in [-0.15, -0.1) is 6.42 Å². The van der Waals surface area contributed by atoms with E-state index < -0.39 is 5.97 Å². The van der Waals surface area contributed by atoms with Gasteiger partial charge in [0.1, 0.15) is 6.61 Å². The van der Waals surface area contributed by atoms with Crippen molar-refractivity contribution in [3.63, 3.8) is 0 Å². The van der Waals surface area contributed by atoms with E-state index >= 15 is 0 Å². The van der Waals surface area contributed by atoms with E-state index in [0.29, 0.717) is 23.7 Å². The van der Waals surface area contributed by atoms with Crippen LogP contribution >= 0.6 is 0 Å². The highest BCUT2D eigenvalue weighted by molar-refractivity contribution is 5.90. The molecule has 0 bridgehead atoms. The number of hydrogen-bond donors (Lipinski definition) is 0. The summed E-state index contributed by atoms with van der Waals surface area (Å²) >= 11 is 0. The highest BCUT2D eigenvalue weighted by atomic mass is 16.5. The van der Waals surface area contributed by atoms with Crippen LogP contribution in [0.5, 0.6) is 11.5 Å². The Labute approximate surface area is 136 Å². The SMILES string of the molecule is C#CCOC(=O)c1ccc(OCc2ccc(C)cc2)c(OC)c1. The molecular weight excluding hydrogens is 292 g/mol. The Kier molecular flexibility index (Phi) is 5.65. The Hall–Kier alpha value is -2.93. The van der Waals surface area contributed by atoms with Gasteiger partial charge >= 0.3 is 5.97 Å². The van der Waals surface area contributed by atoms with Gasteiger partial charge in [-0.1, -0.05) is 35.7 Å². The van der Waals surface area contributed by atoms with Crippen molar-refractivity contribution in [2.45, 2.75) is 13.5 Å². The monoisotopic (exact) mass is 310 g/mol. The van der Waals surface area contributed by atoms with Gasteiger partial charge in [-0.05, 0) is 30.7 Å².